The summed E-state index contributed by atoms with van der Waals surface area (Å²) in [6, 6.07) is 13.9. The van der Waals surface area contributed by atoms with Crippen LogP contribution in [0.2, 0.25) is 5.02 Å². The lowest BCUT2D eigenvalue weighted by atomic mass is 9.99. The van der Waals surface area contributed by atoms with E-state index < -0.39 is 0 Å². The van der Waals surface area contributed by atoms with Gasteiger partial charge < -0.3 is 9.15 Å². The Kier molecular flexibility index (Phi) is 3.82. The van der Waals surface area contributed by atoms with E-state index in [1.54, 1.807) is 11.8 Å². The van der Waals surface area contributed by atoms with E-state index in [9.17, 15) is 0 Å². The molecule has 1 atom stereocenters. The summed E-state index contributed by atoms with van der Waals surface area (Å²) in [5.74, 6) is 0.789. The van der Waals surface area contributed by atoms with Crippen LogP contribution >= 0.6 is 23.4 Å². The number of oxazole rings is 1. The van der Waals surface area contributed by atoms with Crippen molar-refractivity contribution >= 4 is 34.5 Å². The quantitative estimate of drug-likeness (QED) is 0.640. The Morgan fingerprint density at radius 1 is 1.23 bits per heavy atom. The predicted octanol–water partition coefficient (Wildman–Crippen LogP) is 4.89. The largest absolute Gasteiger partial charge is 0.431 e. The number of ether oxygens (including phenoxy) is 1. The molecular formula is C17H14ClNO2S. The molecule has 0 saturated carbocycles. The highest BCUT2D eigenvalue weighted by molar-refractivity contribution is 7.99. The zero-order valence-electron chi connectivity index (χ0n) is 11.8. The molecule has 0 aliphatic carbocycles. The number of aromatic nitrogens is 1. The summed E-state index contributed by atoms with van der Waals surface area (Å²) in [4.78, 5) is 4.47. The van der Waals surface area contributed by atoms with E-state index in [0.717, 1.165) is 29.9 Å². The van der Waals surface area contributed by atoms with Crippen molar-refractivity contribution in [2.45, 2.75) is 17.7 Å². The molecule has 5 heteroatoms. The molecule has 1 aromatic heterocycles. The number of fused-ring (bicyclic) bond motifs is 2. The molecule has 0 bridgehead atoms. The van der Waals surface area contributed by atoms with Gasteiger partial charge in [-0.15, -0.1) is 0 Å². The van der Waals surface area contributed by atoms with E-state index >= 15 is 0 Å². The van der Waals surface area contributed by atoms with Gasteiger partial charge in [-0.25, -0.2) is 4.98 Å². The van der Waals surface area contributed by atoms with Gasteiger partial charge in [-0.05, 0) is 35.7 Å². The Balaban J connectivity index is 1.52. The molecule has 1 aliphatic rings. The van der Waals surface area contributed by atoms with Crippen LogP contribution in [0.3, 0.4) is 0 Å². The average molecular weight is 332 g/mol. The number of halogens is 1. The molecule has 0 spiro atoms. The summed E-state index contributed by atoms with van der Waals surface area (Å²) in [5.41, 5.74) is 4.21. The molecule has 0 unspecified atom stereocenters. The highest BCUT2D eigenvalue weighted by Gasteiger charge is 2.21. The number of thioether (sulfide) groups is 1. The Morgan fingerprint density at radius 3 is 3.09 bits per heavy atom. The number of hydrogen-bond acceptors (Lipinski definition) is 4. The lowest BCUT2D eigenvalue weighted by molar-refractivity contribution is 0.0587. The third-order valence-corrected chi connectivity index (χ3v) is 4.91. The second-order valence-electron chi connectivity index (χ2n) is 5.21. The van der Waals surface area contributed by atoms with Crippen LogP contribution in [0, 0.1) is 0 Å². The SMILES string of the molecule is Clc1ccc2oc(SC[C@H]3OCCc4ccccc43)nc2c1. The molecule has 3 nitrogen and oxygen atoms in total. The van der Waals surface area contributed by atoms with Crippen LogP contribution in [0.15, 0.2) is 52.1 Å². The Morgan fingerprint density at radius 2 is 2.14 bits per heavy atom. The van der Waals surface area contributed by atoms with Crippen LogP contribution in [0.5, 0.6) is 0 Å². The molecule has 112 valence electrons. The zero-order chi connectivity index (χ0) is 14.9. The fourth-order valence-corrected chi connectivity index (χ4v) is 3.75. The summed E-state index contributed by atoms with van der Waals surface area (Å²) in [6.45, 7) is 0.769. The minimum absolute atomic E-state index is 0.0913. The second-order valence-corrected chi connectivity index (χ2v) is 6.62. The summed E-state index contributed by atoms with van der Waals surface area (Å²) in [5, 5.41) is 1.32. The lowest BCUT2D eigenvalue weighted by Crippen LogP contribution is -2.17. The molecule has 4 rings (SSSR count). The maximum absolute atomic E-state index is 5.97. The molecular weight excluding hydrogens is 318 g/mol. The predicted molar refractivity (Wildman–Crippen MR) is 88.6 cm³/mol. The number of hydrogen-bond donors (Lipinski definition) is 0. The van der Waals surface area contributed by atoms with E-state index in [-0.39, 0.29) is 6.10 Å². The van der Waals surface area contributed by atoms with Gasteiger partial charge in [0.25, 0.3) is 5.22 Å². The third kappa shape index (κ3) is 2.74. The molecule has 0 N–H and O–H groups in total. The Labute approximate surface area is 137 Å². The minimum atomic E-state index is 0.0913. The lowest BCUT2D eigenvalue weighted by Gasteiger charge is -2.25. The molecule has 22 heavy (non-hydrogen) atoms. The van der Waals surface area contributed by atoms with Crippen LogP contribution in [0.4, 0.5) is 0 Å². The van der Waals surface area contributed by atoms with Gasteiger partial charge in [0.1, 0.15) is 5.52 Å². The van der Waals surface area contributed by atoms with Crippen molar-refractivity contribution in [2.75, 3.05) is 12.4 Å². The smallest absolute Gasteiger partial charge is 0.256 e. The van der Waals surface area contributed by atoms with Crippen molar-refractivity contribution in [3.05, 3.63) is 58.6 Å². The first-order chi connectivity index (χ1) is 10.8. The van der Waals surface area contributed by atoms with E-state index in [4.69, 9.17) is 20.8 Å². The van der Waals surface area contributed by atoms with Gasteiger partial charge in [0, 0.05) is 10.8 Å². The van der Waals surface area contributed by atoms with Crippen LogP contribution in [0.25, 0.3) is 11.1 Å². The van der Waals surface area contributed by atoms with Gasteiger partial charge in [-0.1, -0.05) is 47.6 Å². The molecule has 3 aromatic rings. The summed E-state index contributed by atoms with van der Waals surface area (Å²) < 4.78 is 11.6. The first-order valence-electron chi connectivity index (χ1n) is 7.18. The number of rotatable bonds is 3. The van der Waals surface area contributed by atoms with E-state index in [1.165, 1.54) is 11.1 Å². The molecule has 1 aliphatic heterocycles. The molecule has 0 saturated heterocycles. The zero-order valence-corrected chi connectivity index (χ0v) is 13.4. The number of benzene rings is 2. The van der Waals surface area contributed by atoms with Crippen molar-refractivity contribution in [1.82, 2.24) is 4.98 Å². The Bertz CT molecular complexity index is 817. The third-order valence-electron chi connectivity index (χ3n) is 3.78. The summed E-state index contributed by atoms with van der Waals surface area (Å²) in [7, 11) is 0. The summed E-state index contributed by atoms with van der Waals surface area (Å²) in [6.07, 6.45) is 1.08. The maximum Gasteiger partial charge on any atom is 0.256 e. The van der Waals surface area contributed by atoms with E-state index in [0.29, 0.717) is 10.2 Å². The van der Waals surface area contributed by atoms with Gasteiger partial charge in [0.05, 0.1) is 12.7 Å². The number of nitrogens with zero attached hydrogens (tertiary/aromatic N) is 1. The van der Waals surface area contributed by atoms with Crippen molar-refractivity contribution in [2.24, 2.45) is 0 Å². The van der Waals surface area contributed by atoms with Crippen molar-refractivity contribution in [3.63, 3.8) is 0 Å². The molecule has 0 radical (unpaired) electrons. The van der Waals surface area contributed by atoms with Crippen molar-refractivity contribution < 1.29 is 9.15 Å². The highest BCUT2D eigenvalue weighted by atomic mass is 35.5. The fraction of sp³-hybridized carbons (Fsp3) is 0.235. The van der Waals surface area contributed by atoms with Crippen molar-refractivity contribution in [1.29, 1.82) is 0 Å². The first-order valence-corrected chi connectivity index (χ1v) is 8.54. The standard InChI is InChI=1S/C17H14ClNO2S/c18-12-5-6-15-14(9-12)19-17(21-15)22-10-16-13-4-2-1-3-11(13)7-8-20-16/h1-6,9,16H,7-8,10H2/t16-/m1/s1. The van der Waals surface area contributed by atoms with Crippen molar-refractivity contribution in [3.8, 4) is 0 Å². The van der Waals surface area contributed by atoms with Gasteiger partial charge in [-0.3, -0.25) is 0 Å². The fourth-order valence-electron chi connectivity index (χ4n) is 2.70. The van der Waals surface area contributed by atoms with Crippen LogP contribution in [-0.2, 0) is 11.2 Å². The monoisotopic (exact) mass is 331 g/mol. The van der Waals surface area contributed by atoms with Gasteiger partial charge in [-0.2, -0.15) is 0 Å². The molecule has 2 aromatic carbocycles. The summed E-state index contributed by atoms with van der Waals surface area (Å²) >= 11 is 7.55. The van der Waals surface area contributed by atoms with Crippen LogP contribution in [-0.4, -0.2) is 17.3 Å². The molecule has 0 fully saturated rings. The maximum atomic E-state index is 5.97. The normalized spacial score (nSPS) is 17.6. The first kappa shape index (κ1) is 14.1. The van der Waals surface area contributed by atoms with Crippen LogP contribution in [0.1, 0.15) is 17.2 Å². The highest BCUT2D eigenvalue weighted by Crippen LogP contribution is 2.33. The Hall–Kier alpha value is -1.49. The topological polar surface area (TPSA) is 35.3 Å². The van der Waals surface area contributed by atoms with Gasteiger partial charge in [0.15, 0.2) is 5.58 Å². The van der Waals surface area contributed by atoms with Gasteiger partial charge >= 0.3 is 0 Å². The minimum Gasteiger partial charge on any atom is -0.431 e. The molecule has 0 amide bonds. The second kappa shape index (κ2) is 5.95. The van der Waals surface area contributed by atoms with E-state index in [1.807, 2.05) is 18.2 Å². The van der Waals surface area contributed by atoms with E-state index in [2.05, 4.69) is 29.2 Å². The van der Waals surface area contributed by atoms with Gasteiger partial charge in [0.2, 0.25) is 0 Å². The van der Waals surface area contributed by atoms with Crippen LogP contribution < -0.4 is 0 Å². The average Bonchev–Trinajstić information content (AvgIpc) is 2.95. The molecule has 2 heterocycles.